The van der Waals surface area contributed by atoms with E-state index in [2.05, 4.69) is 5.92 Å². The zero-order valence-electron chi connectivity index (χ0n) is 15.4. The fourth-order valence-electron chi connectivity index (χ4n) is 2.41. The predicted molar refractivity (Wildman–Crippen MR) is 88.7 cm³/mol. The highest BCUT2D eigenvalue weighted by molar-refractivity contribution is 5.68. The molecule has 1 fully saturated rings. The monoisotopic (exact) mass is 371 g/mol. The highest BCUT2D eigenvalue weighted by atomic mass is 16.7. The van der Waals surface area contributed by atoms with Gasteiger partial charge in [0.25, 0.3) is 0 Å². The lowest BCUT2D eigenvalue weighted by atomic mass is 10.0. The molecule has 1 rings (SSSR count). The van der Waals surface area contributed by atoms with Crippen LogP contribution in [0.3, 0.4) is 0 Å². The van der Waals surface area contributed by atoms with Crippen LogP contribution in [0.25, 0.3) is 0 Å². The van der Waals surface area contributed by atoms with Crippen molar-refractivity contribution in [1.29, 1.82) is 0 Å². The maximum atomic E-state index is 11.5. The second-order valence-corrected chi connectivity index (χ2v) is 5.81. The summed E-state index contributed by atoms with van der Waals surface area (Å²) in [6.45, 7) is 4.77. The first-order valence-electron chi connectivity index (χ1n) is 8.11. The van der Waals surface area contributed by atoms with Crippen LogP contribution in [-0.4, -0.2) is 80.8 Å². The number of terminal acetylenes is 1. The number of likely N-dealkylation sites (N-methyl/N-ethyl adjacent to an activating group) is 1. The fourth-order valence-corrected chi connectivity index (χ4v) is 2.41. The van der Waals surface area contributed by atoms with Gasteiger partial charge in [-0.3, -0.25) is 19.3 Å². The van der Waals surface area contributed by atoms with Crippen LogP contribution in [0.15, 0.2) is 0 Å². The fraction of sp³-hybridized carbons (Fsp3) is 0.706. The van der Waals surface area contributed by atoms with Crippen molar-refractivity contribution in [1.82, 2.24) is 4.90 Å². The second-order valence-electron chi connectivity index (χ2n) is 5.81. The van der Waals surface area contributed by atoms with E-state index in [0.29, 0.717) is 13.1 Å². The first kappa shape index (κ1) is 21.9. The molecule has 0 saturated carbocycles. The van der Waals surface area contributed by atoms with Gasteiger partial charge in [-0.15, -0.1) is 6.42 Å². The van der Waals surface area contributed by atoms with Crippen LogP contribution in [0.2, 0.25) is 0 Å². The zero-order valence-corrected chi connectivity index (χ0v) is 15.4. The summed E-state index contributed by atoms with van der Waals surface area (Å²) in [4.78, 5) is 36.1. The average molecular weight is 371 g/mol. The van der Waals surface area contributed by atoms with Gasteiger partial charge in [0.2, 0.25) is 0 Å². The van der Waals surface area contributed by atoms with Gasteiger partial charge in [0.1, 0.15) is 0 Å². The summed E-state index contributed by atoms with van der Waals surface area (Å²) in [5.41, 5.74) is 0. The van der Waals surface area contributed by atoms with E-state index in [1.807, 2.05) is 11.9 Å². The normalized spacial score (nSPS) is 25.2. The lowest BCUT2D eigenvalue weighted by molar-refractivity contribution is -0.281. The lowest BCUT2D eigenvalue weighted by Gasteiger charge is -2.40. The van der Waals surface area contributed by atoms with Crippen LogP contribution in [0, 0.1) is 12.3 Å². The molecular weight excluding hydrogens is 346 g/mol. The Labute approximate surface area is 152 Å². The Balaban J connectivity index is 2.85. The van der Waals surface area contributed by atoms with Crippen LogP contribution >= 0.6 is 0 Å². The van der Waals surface area contributed by atoms with E-state index >= 15 is 0 Å². The van der Waals surface area contributed by atoms with E-state index in [-0.39, 0.29) is 13.2 Å². The van der Waals surface area contributed by atoms with Gasteiger partial charge in [0.15, 0.2) is 24.6 Å². The number of hydrogen-bond donors (Lipinski definition) is 0. The molecule has 0 aromatic rings. The van der Waals surface area contributed by atoms with Crippen molar-refractivity contribution >= 4 is 17.9 Å². The number of esters is 3. The van der Waals surface area contributed by atoms with Crippen molar-refractivity contribution in [2.45, 2.75) is 45.4 Å². The number of rotatable bonds is 8. The Morgan fingerprint density at radius 3 is 2.19 bits per heavy atom. The first-order valence-corrected chi connectivity index (χ1v) is 8.11. The van der Waals surface area contributed by atoms with Crippen LogP contribution in [0.4, 0.5) is 0 Å². The predicted octanol–water partition coefficient (Wildman–Crippen LogP) is -0.281. The van der Waals surface area contributed by atoms with Crippen LogP contribution in [0.1, 0.15) is 20.8 Å². The lowest BCUT2D eigenvalue weighted by Crippen LogP contribution is -2.58. The average Bonchev–Trinajstić information content (AvgIpc) is 2.51. The van der Waals surface area contributed by atoms with Crippen molar-refractivity contribution < 1.29 is 38.1 Å². The molecule has 1 aliphatic heterocycles. The molecule has 0 aliphatic carbocycles. The molecule has 26 heavy (non-hydrogen) atoms. The van der Waals surface area contributed by atoms with E-state index in [1.165, 1.54) is 20.8 Å². The topological polar surface area (TPSA) is 101 Å². The molecule has 0 bridgehead atoms. The first-order chi connectivity index (χ1) is 12.2. The molecule has 0 N–H and O–H groups in total. The van der Waals surface area contributed by atoms with Gasteiger partial charge in [-0.05, 0) is 7.05 Å². The maximum Gasteiger partial charge on any atom is 0.303 e. The van der Waals surface area contributed by atoms with Crippen LogP contribution < -0.4 is 0 Å². The van der Waals surface area contributed by atoms with Gasteiger partial charge in [0.05, 0.1) is 19.8 Å². The molecule has 0 unspecified atom stereocenters. The van der Waals surface area contributed by atoms with Crippen molar-refractivity contribution in [3.63, 3.8) is 0 Å². The molecule has 0 radical (unpaired) electrons. The van der Waals surface area contributed by atoms with Crippen molar-refractivity contribution in [2.75, 3.05) is 33.4 Å². The summed E-state index contributed by atoms with van der Waals surface area (Å²) in [6, 6.07) is 0. The van der Waals surface area contributed by atoms with Gasteiger partial charge in [-0.2, -0.15) is 0 Å². The van der Waals surface area contributed by atoms with Crippen molar-refractivity contribution in [3.05, 3.63) is 0 Å². The van der Waals surface area contributed by atoms with Gasteiger partial charge in [-0.1, -0.05) is 5.92 Å². The van der Waals surface area contributed by atoms with E-state index in [1.54, 1.807) is 0 Å². The molecule has 0 spiro atoms. The molecule has 9 nitrogen and oxygen atoms in total. The zero-order chi connectivity index (χ0) is 19.7. The van der Waals surface area contributed by atoms with Gasteiger partial charge in [-0.25, -0.2) is 0 Å². The Kier molecular flexibility index (Phi) is 9.05. The third-order valence-electron chi connectivity index (χ3n) is 3.42. The highest BCUT2D eigenvalue weighted by Gasteiger charge is 2.47. The Morgan fingerprint density at radius 1 is 1.08 bits per heavy atom. The molecule has 1 heterocycles. The van der Waals surface area contributed by atoms with Crippen molar-refractivity contribution in [3.8, 4) is 12.3 Å². The minimum atomic E-state index is -1.08. The summed E-state index contributed by atoms with van der Waals surface area (Å²) in [7, 11) is 1.83. The molecule has 146 valence electrons. The summed E-state index contributed by atoms with van der Waals surface area (Å²) in [6.07, 6.45) is 1.23. The van der Waals surface area contributed by atoms with Gasteiger partial charge < -0.3 is 23.7 Å². The largest absolute Gasteiger partial charge is 0.456 e. The van der Waals surface area contributed by atoms with Crippen molar-refractivity contribution in [2.24, 2.45) is 0 Å². The molecule has 9 heteroatoms. The minimum absolute atomic E-state index is 0.0693. The maximum absolute atomic E-state index is 11.5. The molecule has 0 amide bonds. The smallest absolute Gasteiger partial charge is 0.303 e. The molecule has 4 atom stereocenters. The molecule has 1 aliphatic rings. The number of ether oxygens (including phenoxy) is 5. The standard InChI is InChI=1S/C17H25NO8/c1-6-7-18(5)8-9-22-17-16(26-13(4)21)15(25-12(3)20)14(10-23-17)24-11(2)19/h1,14-17H,7-10H2,2-5H3/t14-,15+,16-,17+/m1/s1. The summed E-state index contributed by atoms with van der Waals surface area (Å²) in [5.74, 6) is 0.705. The molecule has 0 aromatic carbocycles. The molecule has 1 saturated heterocycles. The summed E-state index contributed by atoms with van der Waals surface area (Å²) >= 11 is 0. The number of hydrogen-bond acceptors (Lipinski definition) is 9. The summed E-state index contributed by atoms with van der Waals surface area (Å²) < 4.78 is 26.7. The Hall–Kier alpha value is -2.15. The number of nitrogens with zero attached hydrogens (tertiary/aromatic N) is 1. The Morgan fingerprint density at radius 2 is 1.65 bits per heavy atom. The van der Waals surface area contributed by atoms with E-state index in [9.17, 15) is 14.4 Å². The van der Waals surface area contributed by atoms with Crippen LogP contribution in [0.5, 0.6) is 0 Å². The van der Waals surface area contributed by atoms with E-state index in [0.717, 1.165) is 0 Å². The summed E-state index contributed by atoms with van der Waals surface area (Å²) in [5, 5.41) is 0. The van der Waals surface area contributed by atoms with Crippen LogP contribution in [-0.2, 0) is 38.1 Å². The van der Waals surface area contributed by atoms with Gasteiger partial charge >= 0.3 is 17.9 Å². The third kappa shape index (κ3) is 7.39. The quantitative estimate of drug-likeness (QED) is 0.324. The molecule has 0 aromatic heterocycles. The van der Waals surface area contributed by atoms with E-state index in [4.69, 9.17) is 30.1 Å². The van der Waals surface area contributed by atoms with E-state index < -0.39 is 42.5 Å². The number of carbonyl (C=O) groups is 3. The Bertz CT molecular complexity index is 543. The minimum Gasteiger partial charge on any atom is -0.456 e. The third-order valence-corrected chi connectivity index (χ3v) is 3.42. The molecular formula is C17H25NO8. The SMILES string of the molecule is C#CCN(C)CCO[C@H]1OC[C@@H](OC(C)=O)[C@H](OC(C)=O)[C@H]1OC(C)=O. The number of carbonyl (C=O) groups excluding carboxylic acids is 3. The highest BCUT2D eigenvalue weighted by Crippen LogP contribution is 2.25. The van der Waals surface area contributed by atoms with Gasteiger partial charge in [0, 0.05) is 27.3 Å². The second kappa shape index (κ2) is 10.8.